The van der Waals surface area contributed by atoms with E-state index in [1.54, 1.807) is 36.4 Å². The monoisotopic (exact) mass is 398 g/mol. The lowest BCUT2D eigenvalue weighted by atomic mass is 10.1. The van der Waals surface area contributed by atoms with E-state index in [2.05, 4.69) is 10.6 Å². The molecule has 1 heterocycles. The highest BCUT2D eigenvalue weighted by Crippen LogP contribution is 2.26. The lowest BCUT2D eigenvalue weighted by molar-refractivity contribution is -0.118. The molecule has 1 aliphatic heterocycles. The van der Waals surface area contributed by atoms with Crippen molar-refractivity contribution in [3.8, 4) is 11.5 Å². The Morgan fingerprint density at radius 3 is 2.52 bits per heavy atom. The van der Waals surface area contributed by atoms with E-state index in [9.17, 15) is 9.59 Å². The van der Waals surface area contributed by atoms with E-state index in [0.29, 0.717) is 35.9 Å². The number of benzene rings is 2. The van der Waals surface area contributed by atoms with Crippen LogP contribution in [0.1, 0.15) is 30.1 Å². The second-order valence-electron chi connectivity index (χ2n) is 6.61. The first-order valence-electron chi connectivity index (χ1n) is 9.80. The molecule has 0 bridgehead atoms. The van der Waals surface area contributed by atoms with E-state index in [-0.39, 0.29) is 24.5 Å². The third kappa shape index (κ3) is 5.96. The highest BCUT2D eigenvalue weighted by atomic mass is 16.5. The summed E-state index contributed by atoms with van der Waals surface area (Å²) in [5, 5.41) is 5.62. The van der Waals surface area contributed by atoms with Crippen molar-refractivity contribution < 1.29 is 23.8 Å². The number of amides is 2. The van der Waals surface area contributed by atoms with Gasteiger partial charge in [0.15, 0.2) is 18.1 Å². The summed E-state index contributed by atoms with van der Waals surface area (Å²) >= 11 is 0. The zero-order chi connectivity index (χ0) is 20.5. The number of ether oxygens (including phenoxy) is 3. The number of carbonyl (C=O) groups is 2. The number of hydrogen-bond donors (Lipinski definition) is 2. The van der Waals surface area contributed by atoms with Crippen molar-refractivity contribution in [3.63, 3.8) is 0 Å². The maximum absolute atomic E-state index is 12.5. The smallest absolute Gasteiger partial charge is 0.262 e. The molecule has 0 aromatic heterocycles. The van der Waals surface area contributed by atoms with Crippen molar-refractivity contribution >= 4 is 17.5 Å². The molecule has 0 aliphatic carbocycles. The standard InChI is InChI=1S/C22H26N2O5/c1-2-27-19-11-5-6-12-20(19)29-15-21(25)24-18-10-4-3-9-17(18)22(26)23-14-16-8-7-13-28-16/h3-6,9-12,16H,2,7-8,13-15H2,1H3,(H,23,26)(H,24,25). The van der Waals surface area contributed by atoms with Crippen molar-refractivity contribution in [2.45, 2.75) is 25.9 Å². The van der Waals surface area contributed by atoms with Crippen LogP contribution in [-0.2, 0) is 9.53 Å². The Morgan fingerprint density at radius 2 is 1.79 bits per heavy atom. The van der Waals surface area contributed by atoms with Gasteiger partial charge in [0.2, 0.25) is 0 Å². The highest BCUT2D eigenvalue weighted by molar-refractivity contribution is 6.04. The Bertz CT molecular complexity index is 833. The van der Waals surface area contributed by atoms with Gasteiger partial charge < -0.3 is 24.8 Å². The minimum atomic E-state index is -0.365. The van der Waals surface area contributed by atoms with Gasteiger partial charge in [0, 0.05) is 13.2 Å². The quantitative estimate of drug-likeness (QED) is 0.678. The van der Waals surface area contributed by atoms with Crippen molar-refractivity contribution in [2.24, 2.45) is 0 Å². The molecule has 1 saturated heterocycles. The van der Waals surface area contributed by atoms with Crippen LogP contribution in [0, 0.1) is 0 Å². The summed E-state index contributed by atoms with van der Waals surface area (Å²) in [4.78, 5) is 24.9. The summed E-state index contributed by atoms with van der Waals surface area (Å²) in [5.41, 5.74) is 0.831. The third-order valence-electron chi connectivity index (χ3n) is 4.47. The fourth-order valence-corrected chi connectivity index (χ4v) is 3.07. The summed E-state index contributed by atoms with van der Waals surface area (Å²) in [6, 6.07) is 14.0. The van der Waals surface area contributed by atoms with Gasteiger partial charge in [-0.2, -0.15) is 0 Å². The summed E-state index contributed by atoms with van der Waals surface area (Å²) in [7, 11) is 0. The molecule has 2 aromatic rings. The maximum Gasteiger partial charge on any atom is 0.262 e. The lowest BCUT2D eigenvalue weighted by Crippen LogP contribution is -2.32. The van der Waals surface area contributed by atoms with Crippen molar-refractivity contribution in [3.05, 3.63) is 54.1 Å². The Balaban J connectivity index is 1.57. The summed E-state index contributed by atoms with van der Waals surface area (Å²) in [6.07, 6.45) is 2.01. The molecule has 2 amide bonds. The van der Waals surface area contributed by atoms with E-state index in [1.807, 2.05) is 19.1 Å². The molecule has 7 heteroatoms. The zero-order valence-corrected chi connectivity index (χ0v) is 16.5. The first kappa shape index (κ1) is 20.7. The maximum atomic E-state index is 12.5. The van der Waals surface area contributed by atoms with Crippen LogP contribution >= 0.6 is 0 Å². The van der Waals surface area contributed by atoms with E-state index < -0.39 is 0 Å². The molecule has 2 N–H and O–H groups in total. The number of rotatable bonds is 9. The summed E-state index contributed by atoms with van der Waals surface area (Å²) in [6.45, 7) is 3.37. The number of carbonyl (C=O) groups excluding carboxylic acids is 2. The van der Waals surface area contributed by atoms with Gasteiger partial charge in [-0.3, -0.25) is 9.59 Å². The number of hydrogen-bond acceptors (Lipinski definition) is 5. The van der Waals surface area contributed by atoms with Gasteiger partial charge in [0.05, 0.1) is 24.0 Å². The van der Waals surface area contributed by atoms with Crippen LogP contribution in [-0.4, -0.2) is 44.3 Å². The molecular weight excluding hydrogens is 372 g/mol. The molecule has 29 heavy (non-hydrogen) atoms. The van der Waals surface area contributed by atoms with Crippen molar-refractivity contribution in [2.75, 3.05) is 31.7 Å². The van der Waals surface area contributed by atoms with Crippen molar-refractivity contribution in [1.82, 2.24) is 5.32 Å². The Labute approximate surface area is 170 Å². The molecule has 0 spiro atoms. The summed E-state index contributed by atoms with van der Waals surface area (Å²) < 4.78 is 16.6. The first-order valence-corrected chi connectivity index (χ1v) is 9.80. The fraction of sp³-hybridized carbons (Fsp3) is 0.364. The number of nitrogens with one attached hydrogen (secondary N) is 2. The number of para-hydroxylation sites is 3. The molecular formula is C22H26N2O5. The van der Waals surface area contributed by atoms with Gasteiger partial charge in [-0.05, 0) is 44.0 Å². The average molecular weight is 398 g/mol. The molecule has 2 aromatic carbocycles. The molecule has 1 aliphatic rings. The highest BCUT2D eigenvalue weighted by Gasteiger charge is 2.18. The van der Waals surface area contributed by atoms with Gasteiger partial charge in [-0.1, -0.05) is 24.3 Å². The zero-order valence-electron chi connectivity index (χ0n) is 16.5. The predicted molar refractivity (Wildman–Crippen MR) is 109 cm³/mol. The molecule has 0 saturated carbocycles. The molecule has 1 unspecified atom stereocenters. The molecule has 1 atom stereocenters. The van der Waals surface area contributed by atoms with Crippen LogP contribution in [0.15, 0.2) is 48.5 Å². The second-order valence-corrected chi connectivity index (χ2v) is 6.61. The van der Waals surface area contributed by atoms with Crippen LogP contribution in [0.25, 0.3) is 0 Å². The topological polar surface area (TPSA) is 85.9 Å². The third-order valence-corrected chi connectivity index (χ3v) is 4.47. The van der Waals surface area contributed by atoms with Crippen LogP contribution in [0.3, 0.4) is 0 Å². The van der Waals surface area contributed by atoms with Gasteiger partial charge in [0.1, 0.15) is 0 Å². The number of anilines is 1. The predicted octanol–water partition coefficient (Wildman–Crippen LogP) is 3.01. The van der Waals surface area contributed by atoms with E-state index in [4.69, 9.17) is 14.2 Å². The molecule has 0 radical (unpaired) electrons. The fourth-order valence-electron chi connectivity index (χ4n) is 3.07. The minimum Gasteiger partial charge on any atom is -0.490 e. The first-order chi connectivity index (χ1) is 14.2. The van der Waals surface area contributed by atoms with Gasteiger partial charge in [-0.25, -0.2) is 0 Å². The minimum absolute atomic E-state index is 0.0551. The largest absolute Gasteiger partial charge is 0.490 e. The van der Waals surface area contributed by atoms with Crippen LogP contribution < -0.4 is 20.1 Å². The molecule has 7 nitrogen and oxygen atoms in total. The lowest BCUT2D eigenvalue weighted by Gasteiger charge is -2.14. The SMILES string of the molecule is CCOc1ccccc1OCC(=O)Nc1ccccc1C(=O)NCC1CCCO1. The average Bonchev–Trinajstić information content (AvgIpc) is 3.26. The Hall–Kier alpha value is -3.06. The van der Waals surface area contributed by atoms with Gasteiger partial charge in [-0.15, -0.1) is 0 Å². The molecule has 1 fully saturated rings. The van der Waals surface area contributed by atoms with E-state index in [1.165, 1.54) is 0 Å². The normalized spacial score (nSPS) is 15.6. The summed E-state index contributed by atoms with van der Waals surface area (Å²) in [5.74, 6) is 0.457. The second kappa shape index (κ2) is 10.5. The van der Waals surface area contributed by atoms with Crippen LogP contribution in [0.2, 0.25) is 0 Å². The van der Waals surface area contributed by atoms with Gasteiger partial charge in [0.25, 0.3) is 11.8 Å². The van der Waals surface area contributed by atoms with E-state index in [0.717, 1.165) is 19.4 Å². The van der Waals surface area contributed by atoms with Gasteiger partial charge >= 0.3 is 0 Å². The molecule has 154 valence electrons. The Morgan fingerprint density at radius 1 is 1.07 bits per heavy atom. The Kier molecular flexibility index (Phi) is 7.47. The van der Waals surface area contributed by atoms with Crippen molar-refractivity contribution in [1.29, 1.82) is 0 Å². The van der Waals surface area contributed by atoms with Crippen LogP contribution in [0.4, 0.5) is 5.69 Å². The van der Waals surface area contributed by atoms with E-state index >= 15 is 0 Å². The molecule has 3 rings (SSSR count). The van der Waals surface area contributed by atoms with Crippen LogP contribution in [0.5, 0.6) is 11.5 Å².